The van der Waals surface area contributed by atoms with E-state index in [1.807, 2.05) is 0 Å². The molecule has 2 aromatic carbocycles. The van der Waals surface area contributed by atoms with Gasteiger partial charge in [-0.2, -0.15) is 0 Å². The van der Waals surface area contributed by atoms with Crippen LogP contribution in [0.5, 0.6) is 5.75 Å². The molecule has 160 valence electrons. The number of esters is 1. The van der Waals surface area contributed by atoms with Gasteiger partial charge >= 0.3 is 11.9 Å². The molecule has 0 radical (unpaired) electrons. The van der Waals surface area contributed by atoms with Crippen LogP contribution in [0.1, 0.15) is 12.5 Å². The van der Waals surface area contributed by atoms with Crippen LogP contribution in [0.4, 0.5) is 5.69 Å². The van der Waals surface area contributed by atoms with E-state index in [1.165, 1.54) is 0 Å². The van der Waals surface area contributed by atoms with Crippen LogP contribution in [0.25, 0.3) is 6.08 Å². The number of hydrogen-bond acceptors (Lipinski definition) is 7. The van der Waals surface area contributed by atoms with E-state index >= 15 is 0 Å². The summed E-state index contributed by atoms with van der Waals surface area (Å²) >= 11 is 7.04. The lowest BCUT2D eigenvalue weighted by molar-refractivity contribution is -0.139. The van der Waals surface area contributed by atoms with Crippen LogP contribution in [0.3, 0.4) is 0 Å². The van der Waals surface area contributed by atoms with Crippen molar-refractivity contribution in [3.8, 4) is 5.75 Å². The first kappa shape index (κ1) is 22.5. The Morgan fingerprint density at radius 3 is 2.42 bits per heavy atom. The molecule has 0 aromatic heterocycles. The Balaban J connectivity index is 1.91. The summed E-state index contributed by atoms with van der Waals surface area (Å²) in [6.45, 7) is 1.40. The highest BCUT2D eigenvalue weighted by Gasteiger charge is 2.33. The zero-order valence-electron chi connectivity index (χ0n) is 16.4. The molecule has 7 nitrogen and oxygen atoms in total. The number of aliphatic imine (C=N–C) groups is 1. The van der Waals surface area contributed by atoms with E-state index < -0.39 is 18.5 Å². The molecule has 2 N–H and O–H groups in total. The number of thioether (sulfide) groups is 1. The molecule has 0 amide bonds. The van der Waals surface area contributed by atoms with E-state index in [-0.39, 0.29) is 17.9 Å². The highest BCUT2D eigenvalue weighted by atomic mass is 35.5. The Kier molecular flexibility index (Phi) is 7.38. The van der Waals surface area contributed by atoms with Gasteiger partial charge in [-0.15, -0.1) is 0 Å². The summed E-state index contributed by atoms with van der Waals surface area (Å²) < 4.78 is 10.2. The SMILES string of the molecule is CCOC(=O)C1=C(O)C(=Cc2ccc(OCC(=O)O)cc2)SC1=Nc1ccc(Cl)cc1. The summed E-state index contributed by atoms with van der Waals surface area (Å²) in [6.07, 6.45) is 1.69. The summed E-state index contributed by atoms with van der Waals surface area (Å²) in [5, 5.41) is 20.2. The van der Waals surface area contributed by atoms with Gasteiger partial charge in [-0.25, -0.2) is 14.6 Å². The summed E-state index contributed by atoms with van der Waals surface area (Å²) in [5.74, 6) is -1.55. The van der Waals surface area contributed by atoms with Gasteiger partial charge in [0, 0.05) is 5.02 Å². The van der Waals surface area contributed by atoms with Gasteiger partial charge in [-0.1, -0.05) is 35.5 Å². The third-order valence-electron chi connectivity index (χ3n) is 3.97. The zero-order valence-corrected chi connectivity index (χ0v) is 17.9. The number of carbonyl (C=O) groups is 2. The molecule has 0 saturated heterocycles. The van der Waals surface area contributed by atoms with Crippen LogP contribution in [0, 0.1) is 0 Å². The normalized spacial score (nSPS) is 16.1. The van der Waals surface area contributed by atoms with E-state index in [4.69, 9.17) is 26.2 Å². The maximum absolute atomic E-state index is 12.4. The molecular weight excluding hydrogens is 442 g/mol. The standard InChI is InChI=1S/C22H18ClNO6S/c1-2-29-22(28)19-20(27)17(31-21(19)24-15-7-5-14(23)6-8-15)11-13-3-9-16(10-4-13)30-12-18(25)26/h3-11,27H,2,12H2,1H3,(H,25,26). The molecule has 0 spiro atoms. The first-order chi connectivity index (χ1) is 14.9. The second-order valence-electron chi connectivity index (χ2n) is 6.20. The number of hydrogen-bond donors (Lipinski definition) is 2. The Morgan fingerprint density at radius 1 is 1.13 bits per heavy atom. The van der Waals surface area contributed by atoms with Crippen molar-refractivity contribution in [3.63, 3.8) is 0 Å². The van der Waals surface area contributed by atoms with Crippen LogP contribution in [0.2, 0.25) is 5.02 Å². The molecule has 0 unspecified atom stereocenters. The average Bonchev–Trinajstić information content (AvgIpc) is 3.04. The molecule has 0 saturated carbocycles. The van der Waals surface area contributed by atoms with Crippen LogP contribution >= 0.6 is 23.4 Å². The predicted octanol–water partition coefficient (Wildman–Crippen LogP) is 5.00. The third-order valence-corrected chi connectivity index (χ3v) is 5.24. The monoisotopic (exact) mass is 459 g/mol. The fourth-order valence-electron chi connectivity index (χ4n) is 2.58. The Morgan fingerprint density at radius 2 is 1.81 bits per heavy atom. The molecule has 1 aliphatic rings. The molecule has 0 atom stereocenters. The highest BCUT2D eigenvalue weighted by molar-refractivity contribution is 8.18. The quantitative estimate of drug-likeness (QED) is 0.561. The molecule has 1 heterocycles. The van der Waals surface area contributed by atoms with E-state index in [2.05, 4.69) is 4.99 Å². The lowest BCUT2D eigenvalue weighted by Crippen LogP contribution is -2.12. The fourth-order valence-corrected chi connectivity index (χ4v) is 3.74. The largest absolute Gasteiger partial charge is 0.506 e. The van der Waals surface area contributed by atoms with Crippen molar-refractivity contribution in [2.45, 2.75) is 6.92 Å². The molecule has 0 fully saturated rings. The second kappa shape index (κ2) is 10.2. The summed E-state index contributed by atoms with van der Waals surface area (Å²) in [7, 11) is 0. The van der Waals surface area contributed by atoms with Crippen LogP contribution in [-0.4, -0.2) is 40.4 Å². The number of ether oxygens (including phenoxy) is 2. The van der Waals surface area contributed by atoms with Crippen LogP contribution < -0.4 is 4.74 Å². The Labute approximate surface area is 187 Å². The third kappa shape index (κ3) is 5.90. The van der Waals surface area contributed by atoms with Crippen molar-refractivity contribution in [1.82, 2.24) is 0 Å². The topological polar surface area (TPSA) is 105 Å². The lowest BCUT2D eigenvalue weighted by atomic mass is 10.1. The van der Waals surface area contributed by atoms with Crippen LogP contribution in [-0.2, 0) is 14.3 Å². The van der Waals surface area contributed by atoms with Crippen molar-refractivity contribution in [2.24, 2.45) is 4.99 Å². The fraction of sp³-hybridized carbons (Fsp3) is 0.136. The number of aliphatic hydroxyl groups excluding tert-OH is 1. The second-order valence-corrected chi connectivity index (χ2v) is 7.67. The minimum Gasteiger partial charge on any atom is -0.506 e. The molecule has 0 aliphatic carbocycles. The molecule has 1 aliphatic heterocycles. The first-order valence-corrected chi connectivity index (χ1v) is 10.4. The summed E-state index contributed by atoms with van der Waals surface area (Å²) in [4.78, 5) is 27.9. The summed E-state index contributed by atoms with van der Waals surface area (Å²) in [5.41, 5.74) is 1.28. The van der Waals surface area contributed by atoms with Gasteiger partial charge in [0.25, 0.3) is 0 Å². The number of carbonyl (C=O) groups excluding carboxylic acids is 1. The first-order valence-electron chi connectivity index (χ1n) is 9.17. The molecule has 2 aromatic rings. The molecule has 0 bridgehead atoms. The van der Waals surface area contributed by atoms with Crippen molar-refractivity contribution < 1.29 is 29.3 Å². The Bertz CT molecular complexity index is 1070. The van der Waals surface area contributed by atoms with E-state index in [0.29, 0.717) is 32.0 Å². The minimum absolute atomic E-state index is 0.00513. The van der Waals surface area contributed by atoms with Gasteiger partial charge in [0.1, 0.15) is 22.1 Å². The molecule has 9 heteroatoms. The molecule has 3 rings (SSSR count). The van der Waals surface area contributed by atoms with Gasteiger partial charge in [-0.3, -0.25) is 0 Å². The van der Waals surface area contributed by atoms with Crippen molar-refractivity contribution in [2.75, 3.05) is 13.2 Å². The maximum Gasteiger partial charge on any atom is 0.344 e. The number of carboxylic acids is 1. The smallest absolute Gasteiger partial charge is 0.344 e. The number of nitrogens with zero attached hydrogens (tertiary/aromatic N) is 1. The predicted molar refractivity (Wildman–Crippen MR) is 120 cm³/mol. The lowest BCUT2D eigenvalue weighted by Gasteiger charge is -2.04. The molecular formula is C22H18ClNO6S. The van der Waals surface area contributed by atoms with Gasteiger partial charge in [0.2, 0.25) is 0 Å². The average molecular weight is 460 g/mol. The van der Waals surface area contributed by atoms with E-state index in [0.717, 1.165) is 11.8 Å². The van der Waals surface area contributed by atoms with Crippen molar-refractivity contribution in [1.29, 1.82) is 0 Å². The van der Waals surface area contributed by atoms with Gasteiger partial charge < -0.3 is 19.7 Å². The minimum atomic E-state index is -1.07. The number of benzene rings is 2. The summed E-state index contributed by atoms with van der Waals surface area (Å²) in [6, 6.07) is 13.4. The van der Waals surface area contributed by atoms with Gasteiger partial charge in [-0.05, 0) is 55.0 Å². The molecule has 31 heavy (non-hydrogen) atoms. The van der Waals surface area contributed by atoms with E-state index in [9.17, 15) is 14.7 Å². The number of carboxylic acid groups (broad SMARTS) is 1. The van der Waals surface area contributed by atoms with Crippen LogP contribution in [0.15, 0.2) is 69.8 Å². The number of aliphatic hydroxyl groups is 1. The number of aliphatic carboxylic acids is 1. The van der Waals surface area contributed by atoms with Crippen molar-refractivity contribution in [3.05, 3.63) is 75.4 Å². The van der Waals surface area contributed by atoms with Gasteiger partial charge in [0.05, 0.1) is 17.2 Å². The van der Waals surface area contributed by atoms with Crippen molar-refractivity contribution >= 4 is 52.1 Å². The van der Waals surface area contributed by atoms with Gasteiger partial charge in [0.15, 0.2) is 6.61 Å². The maximum atomic E-state index is 12.4. The number of halogens is 1. The highest BCUT2D eigenvalue weighted by Crippen LogP contribution is 2.40. The number of rotatable bonds is 7. The Hall–Kier alpha value is -3.23. The van der Waals surface area contributed by atoms with E-state index in [1.54, 1.807) is 61.5 Å². The zero-order chi connectivity index (χ0) is 22.4.